The van der Waals surface area contributed by atoms with Crippen molar-refractivity contribution in [3.05, 3.63) is 47.7 Å². The number of carboxylic acid groups (broad SMARTS) is 1. The van der Waals surface area contributed by atoms with Crippen molar-refractivity contribution in [3.8, 4) is 0 Å². The highest BCUT2D eigenvalue weighted by Crippen LogP contribution is 2.21. The molecule has 0 fully saturated rings. The first-order chi connectivity index (χ1) is 8.56. The molecule has 0 aliphatic heterocycles. The molecule has 18 heavy (non-hydrogen) atoms. The minimum Gasteiger partial charge on any atom is -0.478 e. The van der Waals surface area contributed by atoms with Crippen LogP contribution in [0.4, 0.5) is 17.2 Å². The Morgan fingerprint density at radius 3 is 2.83 bits per heavy atom. The molecule has 0 unspecified atom stereocenters. The molecule has 0 aliphatic carbocycles. The molecule has 0 saturated heterocycles. The van der Waals surface area contributed by atoms with Crippen molar-refractivity contribution in [2.24, 2.45) is 0 Å². The second-order valence-electron chi connectivity index (χ2n) is 3.96. The summed E-state index contributed by atoms with van der Waals surface area (Å²) in [5.74, 6) is -0.785. The zero-order valence-electron chi connectivity index (χ0n) is 9.84. The van der Waals surface area contributed by atoms with E-state index in [1.165, 1.54) is 12.3 Å². The molecule has 0 aliphatic rings. The monoisotopic (exact) mass is 243 g/mol. The summed E-state index contributed by atoms with van der Waals surface area (Å²) in [6.07, 6.45) is 1.42. The van der Waals surface area contributed by atoms with Crippen molar-refractivity contribution in [1.29, 1.82) is 0 Å². The summed E-state index contributed by atoms with van der Waals surface area (Å²) in [5.41, 5.74) is 7.77. The van der Waals surface area contributed by atoms with Crippen molar-refractivity contribution in [3.63, 3.8) is 0 Å². The van der Waals surface area contributed by atoms with Crippen molar-refractivity contribution in [2.75, 3.05) is 11.1 Å². The van der Waals surface area contributed by atoms with Crippen LogP contribution in [0.1, 0.15) is 15.9 Å². The van der Waals surface area contributed by atoms with E-state index in [-0.39, 0.29) is 11.4 Å². The van der Waals surface area contributed by atoms with Gasteiger partial charge in [-0.1, -0.05) is 12.1 Å². The molecule has 0 spiro atoms. The van der Waals surface area contributed by atoms with Crippen molar-refractivity contribution in [1.82, 2.24) is 4.98 Å². The lowest BCUT2D eigenvalue weighted by Crippen LogP contribution is -2.06. The SMILES string of the molecule is Cc1cccc(Nc2ncc(N)cc2C(=O)O)c1. The van der Waals surface area contributed by atoms with E-state index in [4.69, 9.17) is 10.8 Å². The third kappa shape index (κ3) is 2.57. The fraction of sp³-hybridized carbons (Fsp3) is 0.0769. The Morgan fingerprint density at radius 2 is 2.17 bits per heavy atom. The lowest BCUT2D eigenvalue weighted by Gasteiger charge is -2.09. The third-order valence-corrected chi connectivity index (χ3v) is 2.42. The Labute approximate surface area is 104 Å². The highest BCUT2D eigenvalue weighted by atomic mass is 16.4. The van der Waals surface area contributed by atoms with Crippen LogP contribution < -0.4 is 11.1 Å². The zero-order chi connectivity index (χ0) is 13.1. The molecule has 0 saturated carbocycles. The molecule has 1 aromatic heterocycles. The second kappa shape index (κ2) is 4.75. The molecule has 0 radical (unpaired) electrons. The maximum Gasteiger partial charge on any atom is 0.339 e. The van der Waals surface area contributed by atoms with Crippen LogP contribution in [0.2, 0.25) is 0 Å². The Hall–Kier alpha value is -2.56. The van der Waals surface area contributed by atoms with E-state index in [2.05, 4.69) is 10.3 Å². The van der Waals surface area contributed by atoms with Crippen molar-refractivity contribution in [2.45, 2.75) is 6.92 Å². The number of aromatic carboxylic acids is 1. The van der Waals surface area contributed by atoms with Crippen LogP contribution in [0.3, 0.4) is 0 Å². The van der Waals surface area contributed by atoms with E-state index in [0.29, 0.717) is 5.69 Å². The number of rotatable bonds is 3. The van der Waals surface area contributed by atoms with E-state index in [1.807, 2.05) is 31.2 Å². The van der Waals surface area contributed by atoms with E-state index in [0.717, 1.165) is 11.3 Å². The number of nitrogens with two attached hydrogens (primary N) is 1. The van der Waals surface area contributed by atoms with Crippen LogP contribution in [-0.4, -0.2) is 16.1 Å². The minimum atomic E-state index is -1.06. The van der Waals surface area contributed by atoms with Gasteiger partial charge in [-0.15, -0.1) is 0 Å². The Balaban J connectivity index is 2.37. The van der Waals surface area contributed by atoms with Crippen LogP contribution in [0.15, 0.2) is 36.5 Å². The summed E-state index contributed by atoms with van der Waals surface area (Å²) >= 11 is 0. The lowest BCUT2D eigenvalue weighted by atomic mass is 10.2. The van der Waals surface area contributed by atoms with Gasteiger partial charge in [0.1, 0.15) is 11.4 Å². The minimum absolute atomic E-state index is 0.0523. The van der Waals surface area contributed by atoms with Gasteiger partial charge in [-0.05, 0) is 30.7 Å². The van der Waals surface area contributed by atoms with Gasteiger partial charge in [0.2, 0.25) is 0 Å². The van der Waals surface area contributed by atoms with Crippen LogP contribution >= 0.6 is 0 Å². The number of nitrogens with one attached hydrogen (secondary N) is 1. The summed E-state index contributed by atoms with van der Waals surface area (Å²) in [6, 6.07) is 8.98. The molecule has 92 valence electrons. The molecule has 0 amide bonds. The van der Waals surface area contributed by atoms with Gasteiger partial charge in [0.15, 0.2) is 0 Å². The number of carbonyl (C=O) groups is 1. The van der Waals surface area contributed by atoms with Gasteiger partial charge in [-0.25, -0.2) is 9.78 Å². The largest absolute Gasteiger partial charge is 0.478 e. The Kier molecular flexibility index (Phi) is 3.14. The standard InChI is InChI=1S/C13H13N3O2/c1-8-3-2-4-10(5-8)16-12-11(13(17)18)6-9(14)7-15-12/h2-7H,14H2,1H3,(H,15,16)(H,17,18). The second-order valence-corrected chi connectivity index (χ2v) is 3.96. The molecule has 2 rings (SSSR count). The number of carboxylic acids is 1. The maximum atomic E-state index is 11.1. The zero-order valence-corrected chi connectivity index (χ0v) is 9.84. The molecular weight excluding hydrogens is 230 g/mol. The van der Waals surface area contributed by atoms with Crippen molar-refractivity contribution >= 4 is 23.2 Å². The van der Waals surface area contributed by atoms with Gasteiger partial charge in [0.25, 0.3) is 0 Å². The number of hydrogen-bond acceptors (Lipinski definition) is 4. The highest BCUT2D eigenvalue weighted by molar-refractivity contribution is 5.94. The van der Waals surface area contributed by atoms with E-state index >= 15 is 0 Å². The number of anilines is 3. The van der Waals surface area contributed by atoms with Gasteiger partial charge < -0.3 is 16.2 Å². The number of aryl methyl sites for hydroxylation is 1. The van der Waals surface area contributed by atoms with E-state index in [1.54, 1.807) is 0 Å². The fourth-order valence-corrected chi connectivity index (χ4v) is 1.60. The molecule has 0 bridgehead atoms. The molecule has 4 N–H and O–H groups in total. The summed E-state index contributed by atoms with van der Waals surface area (Å²) < 4.78 is 0. The summed E-state index contributed by atoms with van der Waals surface area (Å²) in [6.45, 7) is 1.96. The maximum absolute atomic E-state index is 11.1. The average molecular weight is 243 g/mol. The first kappa shape index (κ1) is 11.9. The van der Waals surface area contributed by atoms with Crippen LogP contribution in [0.25, 0.3) is 0 Å². The number of hydrogen-bond donors (Lipinski definition) is 3. The van der Waals surface area contributed by atoms with Crippen LogP contribution in [0, 0.1) is 6.92 Å². The number of aromatic nitrogens is 1. The molecule has 5 nitrogen and oxygen atoms in total. The van der Waals surface area contributed by atoms with Gasteiger partial charge in [0.05, 0.1) is 11.9 Å². The van der Waals surface area contributed by atoms with Gasteiger partial charge in [-0.2, -0.15) is 0 Å². The average Bonchev–Trinajstić information content (AvgIpc) is 2.31. The predicted molar refractivity (Wildman–Crippen MR) is 70.1 cm³/mol. The predicted octanol–water partition coefficient (Wildman–Crippen LogP) is 2.41. The van der Waals surface area contributed by atoms with Crippen LogP contribution in [-0.2, 0) is 0 Å². The first-order valence-corrected chi connectivity index (χ1v) is 5.39. The quantitative estimate of drug-likeness (QED) is 0.770. The summed E-state index contributed by atoms with van der Waals surface area (Å²) in [7, 11) is 0. The Morgan fingerprint density at radius 1 is 1.39 bits per heavy atom. The number of nitrogen functional groups attached to an aromatic ring is 1. The first-order valence-electron chi connectivity index (χ1n) is 5.39. The lowest BCUT2D eigenvalue weighted by molar-refractivity contribution is 0.0697. The Bertz CT molecular complexity index is 597. The number of pyridine rings is 1. The van der Waals surface area contributed by atoms with E-state index < -0.39 is 5.97 Å². The van der Waals surface area contributed by atoms with E-state index in [9.17, 15) is 4.79 Å². The smallest absolute Gasteiger partial charge is 0.339 e. The molecule has 1 heterocycles. The van der Waals surface area contributed by atoms with Gasteiger partial charge >= 0.3 is 5.97 Å². The van der Waals surface area contributed by atoms with Gasteiger partial charge in [0, 0.05) is 5.69 Å². The van der Waals surface area contributed by atoms with Crippen molar-refractivity contribution < 1.29 is 9.90 Å². The molecule has 5 heteroatoms. The third-order valence-electron chi connectivity index (χ3n) is 2.42. The number of benzene rings is 1. The highest BCUT2D eigenvalue weighted by Gasteiger charge is 2.12. The molecular formula is C13H13N3O2. The molecule has 2 aromatic rings. The normalized spacial score (nSPS) is 10.1. The van der Waals surface area contributed by atoms with Gasteiger partial charge in [-0.3, -0.25) is 0 Å². The summed E-state index contributed by atoms with van der Waals surface area (Å²) in [5, 5.41) is 12.1. The number of nitrogens with zero attached hydrogens (tertiary/aromatic N) is 1. The molecule has 1 aromatic carbocycles. The topological polar surface area (TPSA) is 88.2 Å². The molecule has 0 atom stereocenters. The van der Waals surface area contributed by atoms with Crippen LogP contribution in [0.5, 0.6) is 0 Å². The fourth-order valence-electron chi connectivity index (χ4n) is 1.60. The summed E-state index contributed by atoms with van der Waals surface area (Å²) in [4.78, 5) is 15.1.